The number of nitro groups is 1. The maximum atomic E-state index is 10.6. The molecule has 0 saturated heterocycles. The molecule has 0 saturated carbocycles. The molecule has 6 heteroatoms. The van der Waals surface area contributed by atoms with Crippen molar-refractivity contribution in [2.45, 2.75) is 26.3 Å². The van der Waals surface area contributed by atoms with Gasteiger partial charge in [0.05, 0.1) is 4.92 Å². The van der Waals surface area contributed by atoms with E-state index in [4.69, 9.17) is 0 Å². The van der Waals surface area contributed by atoms with Gasteiger partial charge in [0.15, 0.2) is 0 Å². The number of hydrogen-bond acceptors (Lipinski definition) is 4. The van der Waals surface area contributed by atoms with E-state index >= 15 is 0 Å². The van der Waals surface area contributed by atoms with Crippen molar-refractivity contribution in [3.8, 4) is 0 Å². The monoisotopic (exact) mass is 349 g/mol. The molecule has 0 atom stereocenters. The van der Waals surface area contributed by atoms with Crippen LogP contribution in [0.1, 0.15) is 30.9 Å². The van der Waals surface area contributed by atoms with E-state index in [1.807, 2.05) is 0 Å². The lowest BCUT2D eigenvalue weighted by Gasteiger charge is -2.09. The first-order chi connectivity index (χ1) is 11.1. The Hall–Kier alpha value is -2.11. The van der Waals surface area contributed by atoms with E-state index in [0.717, 1.165) is 25.3 Å². The van der Waals surface area contributed by atoms with Crippen molar-refractivity contribution in [1.82, 2.24) is 5.32 Å². The molecule has 0 aromatic heterocycles. The normalized spacial score (nSPS) is 10.3. The summed E-state index contributed by atoms with van der Waals surface area (Å²) in [7, 11) is 0. The molecule has 0 heterocycles. The van der Waals surface area contributed by atoms with Crippen molar-refractivity contribution in [1.29, 1.82) is 0 Å². The molecular formula is C18H24ClN3O2. The lowest BCUT2D eigenvalue weighted by Crippen LogP contribution is -2.21. The third-order valence-corrected chi connectivity index (χ3v) is 3.68. The second kappa shape index (κ2) is 9.90. The van der Waals surface area contributed by atoms with Crippen LogP contribution in [0.3, 0.4) is 0 Å². The summed E-state index contributed by atoms with van der Waals surface area (Å²) in [4.78, 5) is 10.2. The highest BCUT2D eigenvalue weighted by molar-refractivity contribution is 5.85. The Bertz CT molecular complexity index is 628. The number of halogens is 1. The number of anilines is 1. The van der Waals surface area contributed by atoms with Crippen LogP contribution in [0.5, 0.6) is 0 Å². The van der Waals surface area contributed by atoms with Crippen LogP contribution >= 0.6 is 12.4 Å². The summed E-state index contributed by atoms with van der Waals surface area (Å²) in [5, 5.41) is 17.2. The van der Waals surface area contributed by atoms with E-state index in [0.29, 0.717) is 5.92 Å². The fraction of sp³-hybridized carbons (Fsp3) is 0.333. The van der Waals surface area contributed by atoms with Gasteiger partial charge in [0.2, 0.25) is 0 Å². The molecular weight excluding hydrogens is 326 g/mol. The van der Waals surface area contributed by atoms with Crippen LogP contribution < -0.4 is 10.6 Å². The van der Waals surface area contributed by atoms with E-state index in [1.54, 1.807) is 12.1 Å². The second-order valence-electron chi connectivity index (χ2n) is 5.80. The third-order valence-electron chi connectivity index (χ3n) is 3.68. The van der Waals surface area contributed by atoms with Gasteiger partial charge in [-0.2, -0.15) is 0 Å². The summed E-state index contributed by atoms with van der Waals surface area (Å²) in [6.07, 6.45) is 0. The number of nitrogens with one attached hydrogen (secondary N) is 2. The first-order valence-electron chi connectivity index (χ1n) is 7.84. The summed E-state index contributed by atoms with van der Waals surface area (Å²) in [6, 6.07) is 15.1. The molecule has 0 aliphatic rings. The highest BCUT2D eigenvalue weighted by Gasteiger charge is 2.03. The van der Waals surface area contributed by atoms with Crippen molar-refractivity contribution in [3.63, 3.8) is 0 Å². The lowest BCUT2D eigenvalue weighted by atomic mass is 10.0. The topological polar surface area (TPSA) is 67.2 Å². The molecule has 0 spiro atoms. The lowest BCUT2D eigenvalue weighted by molar-refractivity contribution is -0.384. The third kappa shape index (κ3) is 6.18. The summed E-state index contributed by atoms with van der Waals surface area (Å²) in [5.41, 5.74) is 3.62. The predicted octanol–water partition coefficient (Wildman–Crippen LogP) is 4.34. The SMILES string of the molecule is CC(C)c1ccc(CNCCNc2ccc([N+](=O)[O-])cc2)cc1.Cl. The zero-order valence-electron chi connectivity index (χ0n) is 14.0. The summed E-state index contributed by atoms with van der Waals surface area (Å²) < 4.78 is 0. The zero-order chi connectivity index (χ0) is 16.7. The van der Waals surface area contributed by atoms with E-state index in [-0.39, 0.29) is 18.1 Å². The Morgan fingerprint density at radius 2 is 1.62 bits per heavy atom. The van der Waals surface area contributed by atoms with Gasteiger partial charge in [-0.05, 0) is 29.2 Å². The molecule has 0 unspecified atom stereocenters. The van der Waals surface area contributed by atoms with Gasteiger partial charge in [-0.3, -0.25) is 10.1 Å². The van der Waals surface area contributed by atoms with Crippen LogP contribution in [0.4, 0.5) is 11.4 Å². The molecule has 130 valence electrons. The molecule has 2 aromatic carbocycles. The van der Waals surface area contributed by atoms with Gasteiger partial charge in [-0.25, -0.2) is 0 Å². The molecule has 0 aliphatic heterocycles. The highest BCUT2D eigenvalue weighted by Crippen LogP contribution is 2.15. The quantitative estimate of drug-likeness (QED) is 0.422. The Morgan fingerprint density at radius 3 is 2.17 bits per heavy atom. The maximum absolute atomic E-state index is 10.6. The molecule has 0 radical (unpaired) electrons. The Labute approximate surface area is 149 Å². The van der Waals surface area contributed by atoms with Gasteiger partial charge in [0, 0.05) is 37.5 Å². The van der Waals surface area contributed by atoms with Crippen LogP contribution in [0.2, 0.25) is 0 Å². The van der Waals surface area contributed by atoms with E-state index in [9.17, 15) is 10.1 Å². The standard InChI is InChI=1S/C18H23N3O2.ClH/c1-14(2)16-5-3-15(4-6-16)13-19-11-12-20-17-7-9-18(10-8-17)21(22)23;/h3-10,14,19-20H,11-13H2,1-2H3;1H. The van der Waals surface area contributed by atoms with Crippen molar-refractivity contribution in [3.05, 3.63) is 69.8 Å². The first-order valence-corrected chi connectivity index (χ1v) is 7.84. The van der Waals surface area contributed by atoms with Gasteiger partial charge < -0.3 is 10.6 Å². The maximum Gasteiger partial charge on any atom is 0.269 e. The average Bonchev–Trinajstić information content (AvgIpc) is 2.55. The molecule has 2 N–H and O–H groups in total. The van der Waals surface area contributed by atoms with E-state index in [2.05, 4.69) is 48.7 Å². The minimum atomic E-state index is -0.393. The Balaban J connectivity index is 0.00000288. The molecule has 0 amide bonds. The average molecular weight is 350 g/mol. The summed E-state index contributed by atoms with van der Waals surface area (Å²) in [5.74, 6) is 0.558. The van der Waals surface area contributed by atoms with Crippen LogP contribution in [-0.4, -0.2) is 18.0 Å². The zero-order valence-corrected chi connectivity index (χ0v) is 14.8. The fourth-order valence-electron chi connectivity index (χ4n) is 2.25. The second-order valence-corrected chi connectivity index (χ2v) is 5.80. The smallest absolute Gasteiger partial charge is 0.269 e. The number of non-ortho nitro benzene ring substituents is 1. The van der Waals surface area contributed by atoms with Gasteiger partial charge in [-0.15, -0.1) is 12.4 Å². The minimum absolute atomic E-state index is 0. The van der Waals surface area contributed by atoms with E-state index < -0.39 is 4.92 Å². The predicted molar refractivity (Wildman–Crippen MR) is 101 cm³/mol. The molecule has 0 aliphatic carbocycles. The largest absolute Gasteiger partial charge is 0.384 e. The van der Waals surface area contributed by atoms with Gasteiger partial charge in [-0.1, -0.05) is 38.1 Å². The van der Waals surface area contributed by atoms with Crippen molar-refractivity contribution >= 4 is 23.8 Å². The van der Waals surface area contributed by atoms with Crippen LogP contribution in [0, 0.1) is 10.1 Å². The van der Waals surface area contributed by atoms with Crippen molar-refractivity contribution in [2.24, 2.45) is 0 Å². The number of hydrogen-bond donors (Lipinski definition) is 2. The molecule has 0 bridgehead atoms. The van der Waals surface area contributed by atoms with Crippen LogP contribution in [0.15, 0.2) is 48.5 Å². The first kappa shape index (κ1) is 19.9. The molecule has 2 aromatic rings. The molecule has 24 heavy (non-hydrogen) atoms. The molecule has 0 fully saturated rings. The molecule has 2 rings (SSSR count). The van der Waals surface area contributed by atoms with Gasteiger partial charge in [0.25, 0.3) is 5.69 Å². The minimum Gasteiger partial charge on any atom is -0.384 e. The van der Waals surface area contributed by atoms with Crippen molar-refractivity contribution < 1.29 is 4.92 Å². The Morgan fingerprint density at radius 1 is 1.00 bits per heavy atom. The van der Waals surface area contributed by atoms with Crippen LogP contribution in [-0.2, 0) is 6.54 Å². The highest BCUT2D eigenvalue weighted by atomic mass is 35.5. The Kier molecular flexibility index (Phi) is 8.22. The van der Waals surface area contributed by atoms with E-state index in [1.165, 1.54) is 23.3 Å². The van der Waals surface area contributed by atoms with Gasteiger partial charge >= 0.3 is 0 Å². The number of nitrogens with zero attached hydrogens (tertiary/aromatic N) is 1. The van der Waals surface area contributed by atoms with Crippen LogP contribution in [0.25, 0.3) is 0 Å². The number of nitro benzene ring substituents is 1. The van der Waals surface area contributed by atoms with Gasteiger partial charge in [0.1, 0.15) is 0 Å². The number of benzene rings is 2. The summed E-state index contributed by atoms with van der Waals surface area (Å²) >= 11 is 0. The summed E-state index contributed by atoms with van der Waals surface area (Å²) in [6.45, 7) is 6.80. The fourth-order valence-corrected chi connectivity index (χ4v) is 2.25. The van der Waals surface area contributed by atoms with Crippen molar-refractivity contribution in [2.75, 3.05) is 18.4 Å². The molecule has 5 nitrogen and oxygen atoms in total. The number of rotatable bonds is 8.